The van der Waals surface area contributed by atoms with Crippen LogP contribution in [0.5, 0.6) is 0 Å². The molecule has 0 fully saturated rings. The van der Waals surface area contributed by atoms with E-state index in [4.69, 9.17) is 4.74 Å². The van der Waals surface area contributed by atoms with Gasteiger partial charge in [0, 0.05) is 13.8 Å². The molecule has 2 rings (SSSR count). The van der Waals surface area contributed by atoms with Crippen molar-refractivity contribution in [2.75, 3.05) is 0 Å². The first-order valence-electron chi connectivity index (χ1n) is 6.10. The molecule has 0 aromatic heterocycles. The molecule has 0 saturated heterocycles. The highest BCUT2D eigenvalue weighted by Gasteiger charge is 2.32. The summed E-state index contributed by atoms with van der Waals surface area (Å²) < 4.78 is 5.31. The summed E-state index contributed by atoms with van der Waals surface area (Å²) >= 11 is 0. The number of carbonyl (C=O) groups excluding carboxylic acids is 2. The van der Waals surface area contributed by atoms with Gasteiger partial charge in [-0.15, -0.1) is 0 Å². The van der Waals surface area contributed by atoms with Gasteiger partial charge in [-0.25, -0.2) is 0 Å². The fourth-order valence-corrected chi connectivity index (χ4v) is 2.46. The van der Waals surface area contributed by atoms with E-state index in [1.165, 1.54) is 19.4 Å². The van der Waals surface area contributed by atoms with Crippen molar-refractivity contribution in [3.05, 3.63) is 35.4 Å². The summed E-state index contributed by atoms with van der Waals surface area (Å²) in [6, 6.07) is 7.70. The molecule has 0 radical (unpaired) electrons. The summed E-state index contributed by atoms with van der Waals surface area (Å²) in [5.41, 5.74) is 2.25. The number of rotatable bonds is 2. The molecular formula is C14H17NO3. The molecule has 0 saturated carbocycles. The van der Waals surface area contributed by atoms with Gasteiger partial charge >= 0.3 is 5.97 Å². The summed E-state index contributed by atoms with van der Waals surface area (Å²) in [7, 11) is 0. The van der Waals surface area contributed by atoms with E-state index >= 15 is 0 Å². The molecule has 1 aliphatic carbocycles. The second kappa shape index (κ2) is 5.21. The van der Waals surface area contributed by atoms with Crippen molar-refractivity contribution in [1.82, 2.24) is 5.32 Å². The molecule has 0 spiro atoms. The van der Waals surface area contributed by atoms with E-state index in [0.29, 0.717) is 0 Å². The molecule has 1 aromatic carbocycles. The lowest BCUT2D eigenvalue weighted by Crippen LogP contribution is -2.40. The van der Waals surface area contributed by atoms with Gasteiger partial charge in [0.25, 0.3) is 0 Å². The van der Waals surface area contributed by atoms with Crippen LogP contribution in [-0.2, 0) is 20.7 Å². The molecule has 4 nitrogen and oxygen atoms in total. The molecule has 4 heteroatoms. The average molecular weight is 247 g/mol. The number of carbonyl (C=O) groups is 2. The number of amides is 1. The summed E-state index contributed by atoms with van der Waals surface area (Å²) in [5, 5.41) is 2.88. The highest BCUT2D eigenvalue weighted by Crippen LogP contribution is 2.31. The quantitative estimate of drug-likeness (QED) is 0.810. The van der Waals surface area contributed by atoms with Crippen LogP contribution in [0.1, 0.15) is 37.4 Å². The van der Waals surface area contributed by atoms with Crippen LogP contribution >= 0.6 is 0 Å². The lowest BCUT2D eigenvalue weighted by atomic mass is 9.85. The Bertz CT molecular complexity index is 470. The monoisotopic (exact) mass is 247 g/mol. The van der Waals surface area contributed by atoms with Crippen molar-refractivity contribution < 1.29 is 14.3 Å². The number of aryl methyl sites for hydroxylation is 1. The summed E-state index contributed by atoms with van der Waals surface area (Å²) in [6.45, 7) is 2.87. The Morgan fingerprint density at radius 2 is 2.00 bits per heavy atom. The van der Waals surface area contributed by atoms with Crippen molar-refractivity contribution in [2.45, 2.75) is 38.8 Å². The Kier molecular flexibility index (Phi) is 3.65. The van der Waals surface area contributed by atoms with Gasteiger partial charge in [0.2, 0.25) is 5.91 Å². The molecule has 0 heterocycles. The third-order valence-corrected chi connectivity index (χ3v) is 3.14. The Morgan fingerprint density at radius 1 is 1.28 bits per heavy atom. The van der Waals surface area contributed by atoms with Gasteiger partial charge in [0.05, 0.1) is 6.04 Å². The van der Waals surface area contributed by atoms with Gasteiger partial charge < -0.3 is 10.1 Å². The number of benzene rings is 1. The van der Waals surface area contributed by atoms with E-state index in [1.807, 2.05) is 24.3 Å². The molecule has 1 amide bonds. The minimum absolute atomic E-state index is 0.117. The van der Waals surface area contributed by atoms with Crippen LogP contribution in [0.3, 0.4) is 0 Å². The van der Waals surface area contributed by atoms with Gasteiger partial charge in [-0.3, -0.25) is 9.59 Å². The maximum absolute atomic E-state index is 11.3. The average Bonchev–Trinajstić information content (AvgIpc) is 2.31. The van der Waals surface area contributed by atoms with E-state index < -0.39 is 0 Å². The Balaban J connectivity index is 2.30. The van der Waals surface area contributed by atoms with E-state index in [9.17, 15) is 9.59 Å². The minimum atomic E-state index is -0.310. The SMILES string of the molecule is CC(=O)NC1c2ccccc2CCC1OC(C)=O. The number of nitrogens with one attached hydrogen (secondary N) is 1. The van der Waals surface area contributed by atoms with Gasteiger partial charge in [-0.2, -0.15) is 0 Å². The molecule has 2 atom stereocenters. The normalized spacial score (nSPS) is 21.9. The molecule has 2 unspecified atom stereocenters. The van der Waals surface area contributed by atoms with Gasteiger partial charge in [-0.05, 0) is 24.0 Å². The molecule has 1 aromatic rings. The first-order chi connectivity index (χ1) is 8.58. The maximum atomic E-state index is 11.3. The van der Waals surface area contributed by atoms with Crippen molar-refractivity contribution in [3.8, 4) is 0 Å². The number of esters is 1. The van der Waals surface area contributed by atoms with Crippen LogP contribution < -0.4 is 5.32 Å². The summed E-state index contributed by atoms with van der Waals surface area (Å²) in [5.74, 6) is -0.427. The number of hydrogen-bond acceptors (Lipinski definition) is 3. The minimum Gasteiger partial charge on any atom is -0.460 e. The van der Waals surface area contributed by atoms with Crippen LogP contribution in [-0.4, -0.2) is 18.0 Å². The largest absolute Gasteiger partial charge is 0.460 e. The zero-order valence-electron chi connectivity index (χ0n) is 10.6. The van der Waals surface area contributed by atoms with Crippen molar-refractivity contribution in [3.63, 3.8) is 0 Å². The third kappa shape index (κ3) is 2.70. The highest BCUT2D eigenvalue weighted by atomic mass is 16.5. The van der Waals surface area contributed by atoms with Crippen molar-refractivity contribution >= 4 is 11.9 Å². The molecular weight excluding hydrogens is 230 g/mol. The molecule has 1 N–H and O–H groups in total. The molecule has 96 valence electrons. The van der Waals surface area contributed by atoms with E-state index in [0.717, 1.165) is 18.4 Å². The predicted molar refractivity (Wildman–Crippen MR) is 66.9 cm³/mol. The smallest absolute Gasteiger partial charge is 0.302 e. The zero-order chi connectivity index (χ0) is 13.1. The molecule has 18 heavy (non-hydrogen) atoms. The lowest BCUT2D eigenvalue weighted by Gasteiger charge is -2.33. The Morgan fingerprint density at radius 3 is 2.67 bits per heavy atom. The summed E-state index contributed by atoms with van der Waals surface area (Å²) in [6.07, 6.45) is 1.33. The van der Waals surface area contributed by atoms with Crippen LogP contribution in [0.15, 0.2) is 24.3 Å². The van der Waals surface area contributed by atoms with Crippen LogP contribution in [0.2, 0.25) is 0 Å². The van der Waals surface area contributed by atoms with Gasteiger partial charge in [-0.1, -0.05) is 24.3 Å². The number of fused-ring (bicyclic) bond motifs is 1. The molecule has 0 bridgehead atoms. The second-order valence-corrected chi connectivity index (χ2v) is 4.56. The van der Waals surface area contributed by atoms with Crippen LogP contribution in [0.4, 0.5) is 0 Å². The fraction of sp³-hybridized carbons (Fsp3) is 0.429. The number of hydrogen-bond donors (Lipinski definition) is 1. The summed E-state index contributed by atoms with van der Waals surface area (Å²) in [4.78, 5) is 22.4. The number of ether oxygens (including phenoxy) is 1. The predicted octanol–water partition coefficient (Wildman–Crippen LogP) is 1.74. The topological polar surface area (TPSA) is 55.4 Å². The highest BCUT2D eigenvalue weighted by molar-refractivity contribution is 5.74. The van der Waals surface area contributed by atoms with Crippen molar-refractivity contribution in [1.29, 1.82) is 0 Å². The molecule has 1 aliphatic rings. The zero-order valence-corrected chi connectivity index (χ0v) is 10.6. The van der Waals surface area contributed by atoms with Gasteiger partial charge in [0.15, 0.2) is 0 Å². The Hall–Kier alpha value is -1.84. The van der Waals surface area contributed by atoms with Crippen LogP contribution in [0.25, 0.3) is 0 Å². The third-order valence-electron chi connectivity index (χ3n) is 3.14. The fourth-order valence-electron chi connectivity index (χ4n) is 2.46. The second-order valence-electron chi connectivity index (χ2n) is 4.56. The lowest BCUT2D eigenvalue weighted by molar-refractivity contribution is -0.149. The van der Waals surface area contributed by atoms with E-state index in [1.54, 1.807) is 0 Å². The molecule has 0 aliphatic heterocycles. The first-order valence-corrected chi connectivity index (χ1v) is 6.10. The van der Waals surface area contributed by atoms with Crippen molar-refractivity contribution in [2.24, 2.45) is 0 Å². The first kappa shape index (κ1) is 12.6. The maximum Gasteiger partial charge on any atom is 0.302 e. The van der Waals surface area contributed by atoms with E-state index in [2.05, 4.69) is 5.32 Å². The van der Waals surface area contributed by atoms with Gasteiger partial charge in [0.1, 0.15) is 6.10 Å². The van der Waals surface area contributed by atoms with Crippen LogP contribution in [0, 0.1) is 0 Å². The Labute approximate surface area is 106 Å². The standard InChI is InChI=1S/C14H17NO3/c1-9(16)15-14-12-6-4-3-5-11(12)7-8-13(14)18-10(2)17/h3-6,13-14H,7-8H2,1-2H3,(H,15,16). The van der Waals surface area contributed by atoms with E-state index in [-0.39, 0.29) is 24.0 Å².